The molecule has 0 radical (unpaired) electrons. The molecular formula is C38H44N8O4. The highest BCUT2D eigenvalue weighted by atomic mass is 16.5. The number of piperidine rings is 1. The summed E-state index contributed by atoms with van der Waals surface area (Å²) in [5, 5.41) is 16.7. The fraction of sp³-hybridized carbons (Fsp3) is 0.368. The predicted molar refractivity (Wildman–Crippen MR) is 196 cm³/mol. The summed E-state index contributed by atoms with van der Waals surface area (Å²) in [5.41, 5.74) is 5.98. The van der Waals surface area contributed by atoms with Crippen LogP contribution in [-0.2, 0) is 11.2 Å². The molecule has 5 aromatic rings. The van der Waals surface area contributed by atoms with Gasteiger partial charge in [0, 0.05) is 55.4 Å². The number of H-pyrrole nitrogens is 1. The molecule has 2 aliphatic heterocycles. The molecule has 0 atom stereocenters. The number of rotatable bonds is 13. The van der Waals surface area contributed by atoms with Gasteiger partial charge in [-0.25, -0.2) is 15.0 Å². The van der Waals surface area contributed by atoms with Gasteiger partial charge in [0.25, 0.3) is 0 Å². The highest BCUT2D eigenvalue weighted by Crippen LogP contribution is 2.40. The van der Waals surface area contributed by atoms with Crippen LogP contribution < -0.4 is 20.3 Å². The molecular weight excluding hydrogens is 632 g/mol. The van der Waals surface area contributed by atoms with Crippen molar-refractivity contribution in [3.8, 4) is 28.4 Å². The summed E-state index contributed by atoms with van der Waals surface area (Å²) in [4.78, 5) is 35.4. The molecule has 5 heterocycles. The molecule has 0 spiro atoms. The molecule has 2 fully saturated rings. The number of aliphatic hydroxyl groups excluding tert-OH is 1. The number of nitrogens with one attached hydrogen (secondary N) is 3. The minimum Gasteiger partial charge on any atom is -0.494 e. The summed E-state index contributed by atoms with van der Waals surface area (Å²) in [6.45, 7) is 7.96. The van der Waals surface area contributed by atoms with Crippen LogP contribution in [0.1, 0.15) is 44.3 Å². The van der Waals surface area contributed by atoms with Crippen LogP contribution in [0.15, 0.2) is 72.0 Å². The summed E-state index contributed by atoms with van der Waals surface area (Å²) >= 11 is 0. The summed E-state index contributed by atoms with van der Waals surface area (Å²) in [7, 11) is 1.63. The highest BCUT2D eigenvalue weighted by Gasteiger charge is 2.28. The van der Waals surface area contributed by atoms with Crippen molar-refractivity contribution in [2.45, 2.75) is 51.0 Å². The van der Waals surface area contributed by atoms with Crippen molar-refractivity contribution in [2.75, 3.05) is 55.4 Å². The molecule has 2 aliphatic rings. The van der Waals surface area contributed by atoms with Gasteiger partial charge >= 0.3 is 0 Å². The van der Waals surface area contributed by atoms with Crippen LogP contribution in [0, 0.1) is 0 Å². The number of fused-ring (bicyclic) bond motifs is 1. The maximum atomic E-state index is 12.6. The normalized spacial score (nSPS) is 15.4. The molecule has 0 bridgehead atoms. The molecule has 0 saturated carbocycles. The lowest BCUT2D eigenvalue weighted by molar-refractivity contribution is -0.111. The van der Waals surface area contributed by atoms with E-state index in [1.54, 1.807) is 19.6 Å². The zero-order valence-electron chi connectivity index (χ0n) is 28.5. The molecule has 2 saturated heterocycles. The van der Waals surface area contributed by atoms with Gasteiger partial charge in [0.15, 0.2) is 0 Å². The summed E-state index contributed by atoms with van der Waals surface area (Å²) < 4.78 is 11.6. The van der Waals surface area contributed by atoms with Crippen molar-refractivity contribution < 1.29 is 19.1 Å². The maximum absolute atomic E-state index is 12.6. The van der Waals surface area contributed by atoms with Crippen LogP contribution >= 0.6 is 0 Å². The number of nitrogens with zero attached hydrogens (tertiary/aromatic N) is 5. The van der Waals surface area contributed by atoms with E-state index in [-0.39, 0.29) is 12.5 Å². The van der Waals surface area contributed by atoms with Crippen molar-refractivity contribution in [3.05, 3.63) is 73.4 Å². The number of imidazole rings is 1. The Morgan fingerprint density at radius 2 is 1.92 bits per heavy atom. The van der Waals surface area contributed by atoms with Gasteiger partial charge in [-0.05, 0) is 82.0 Å². The largest absolute Gasteiger partial charge is 0.494 e. The first-order valence-corrected chi connectivity index (χ1v) is 17.4. The lowest BCUT2D eigenvalue weighted by atomic mass is 10.0. The third kappa shape index (κ3) is 7.22. The first-order chi connectivity index (χ1) is 24.5. The topological polar surface area (TPSA) is 145 Å². The Morgan fingerprint density at radius 3 is 2.70 bits per heavy atom. The number of carbonyl (C=O) groups is 1. The van der Waals surface area contributed by atoms with E-state index in [1.807, 2.05) is 42.5 Å². The molecule has 3 aromatic heterocycles. The number of amides is 1. The van der Waals surface area contributed by atoms with Crippen molar-refractivity contribution >= 4 is 39.9 Å². The number of methoxy groups -OCH3 is 1. The number of aromatic amines is 1. The fourth-order valence-corrected chi connectivity index (χ4v) is 7.08. The van der Waals surface area contributed by atoms with Crippen molar-refractivity contribution in [1.29, 1.82) is 0 Å². The van der Waals surface area contributed by atoms with Crippen molar-refractivity contribution in [2.24, 2.45) is 0 Å². The Hall–Kier alpha value is -5.20. The molecule has 50 heavy (non-hydrogen) atoms. The van der Waals surface area contributed by atoms with E-state index in [4.69, 9.17) is 19.1 Å². The Balaban J connectivity index is 1.19. The Kier molecular flexibility index (Phi) is 10.1. The number of benzene rings is 2. The summed E-state index contributed by atoms with van der Waals surface area (Å²) in [5.74, 6) is 1.47. The number of anilines is 4. The van der Waals surface area contributed by atoms with Crippen LogP contribution in [0.3, 0.4) is 0 Å². The third-order valence-corrected chi connectivity index (χ3v) is 9.69. The zero-order valence-corrected chi connectivity index (χ0v) is 28.5. The minimum absolute atomic E-state index is 0.136. The van der Waals surface area contributed by atoms with Gasteiger partial charge in [-0.1, -0.05) is 18.7 Å². The van der Waals surface area contributed by atoms with Gasteiger partial charge < -0.3 is 39.7 Å². The maximum Gasteiger partial charge on any atom is 0.247 e. The van der Waals surface area contributed by atoms with Crippen LogP contribution in [0.5, 0.6) is 5.75 Å². The smallest absolute Gasteiger partial charge is 0.247 e. The number of aliphatic hydroxyl groups is 1. The number of likely N-dealkylation sites (tertiary alicyclic amines) is 1. The first kappa shape index (κ1) is 33.3. The Bertz CT molecular complexity index is 1960. The van der Waals surface area contributed by atoms with Gasteiger partial charge in [0.2, 0.25) is 11.9 Å². The number of hydrogen-bond acceptors (Lipinski definition) is 10. The molecule has 7 rings (SSSR count). The monoisotopic (exact) mass is 676 g/mol. The number of furan rings is 1. The summed E-state index contributed by atoms with van der Waals surface area (Å²) in [6, 6.07) is 14.2. The van der Waals surface area contributed by atoms with E-state index in [0.717, 1.165) is 71.8 Å². The van der Waals surface area contributed by atoms with E-state index in [2.05, 4.69) is 37.0 Å². The molecule has 0 unspecified atom stereocenters. The van der Waals surface area contributed by atoms with Crippen LogP contribution in [0.2, 0.25) is 0 Å². The number of aromatic nitrogens is 4. The second-order valence-electron chi connectivity index (χ2n) is 12.9. The minimum atomic E-state index is -0.290. The van der Waals surface area contributed by atoms with E-state index in [0.29, 0.717) is 47.7 Å². The SMILES string of the molecule is C=CC(=O)Nc1cc(Nc2nccc(-c3[nH]c(CCCCO)nc3-c3ccc4ccoc4c3)n2)c(OC)cc1N1CCC(N2CCCC2)CC1. The second-order valence-corrected chi connectivity index (χ2v) is 12.9. The number of unbranched alkanes of at least 4 members (excludes halogenated alkanes) is 1. The third-order valence-electron chi connectivity index (χ3n) is 9.69. The van der Waals surface area contributed by atoms with Crippen molar-refractivity contribution in [3.63, 3.8) is 0 Å². The van der Waals surface area contributed by atoms with Gasteiger partial charge in [0.05, 0.1) is 47.5 Å². The van der Waals surface area contributed by atoms with Gasteiger partial charge in [-0.2, -0.15) is 0 Å². The van der Waals surface area contributed by atoms with Gasteiger partial charge in [-0.3, -0.25) is 4.79 Å². The molecule has 12 heteroatoms. The molecule has 0 aliphatic carbocycles. The lowest BCUT2D eigenvalue weighted by Crippen LogP contribution is -2.44. The molecule has 260 valence electrons. The van der Waals surface area contributed by atoms with Crippen LogP contribution in [0.4, 0.5) is 23.0 Å². The molecule has 2 aromatic carbocycles. The van der Waals surface area contributed by atoms with E-state index in [9.17, 15) is 9.90 Å². The van der Waals surface area contributed by atoms with Gasteiger partial charge in [-0.15, -0.1) is 0 Å². The Morgan fingerprint density at radius 1 is 1.08 bits per heavy atom. The molecule has 12 nitrogen and oxygen atoms in total. The predicted octanol–water partition coefficient (Wildman–Crippen LogP) is 6.54. The standard InChI is InChI=1S/C38H44N8O4/c1-3-35(48)40-29-23-30(33(49-2)24-31(29)46-18-12-27(13-19-46)45-16-5-6-17-45)42-38-39-15-11-28(41-38)37-36(43-34(44-37)8-4-7-20-47)26-10-9-25-14-21-50-32(25)22-26/h3,9-11,14-15,21-24,27,47H,1,4-8,12-13,16-20H2,2H3,(H,40,48)(H,43,44)(H,39,41,42). The van der Waals surface area contributed by atoms with E-state index < -0.39 is 0 Å². The molecule has 4 N–H and O–H groups in total. The van der Waals surface area contributed by atoms with Crippen LogP contribution in [-0.4, -0.2) is 81.8 Å². The number of aryl methyl sites for hydroxylation is 1. The van der Waals surface area contributed by atoms with Crippen molar-refractivity contribution in [1.82, 2.24) is 24.8 Å². The Labute approximate surface area is 291 Å². The average Bonchev–Trinajstić information content (AvgIpc) is 3.94. The van der Waals surface area contributed by atoms with E-state index in [1.165, 1.54) is 32.0 Å². The zero-order chi connectivity index (χ0) is 34.5. The van der Waals surface area contributed by atoms with Crippen LogP contribution in [0.25, 0.3) is 33.6 Å². The average molecular weight is 677 g/mol. The van der Waals surface area contributed by atoms with E-state index >= 15 is 0 Å². The number of ether oxygens (including phenoxy) is 1. The number of carbonyl (C=O) groups excluding carboxylic acids is 1. The quantitative estimate of drug-likeness (QED) is 0.0802. The number of hydrogen-bond donors (Lipinski definition) is 4. The first-order valence-electron chi connectivity index (χ1n) is 17.4. The second kappa shape index (κ2) is 15.1. The fourth-order valence-electron chi connectivity index (χ4n) is 7.08. The lowest BCUT2D eigenvalue weighted by Gasteiger charge is -2.38. The highest BCUT2D eigenvalue weighted by molar-refractivity contribution is 6.02. The van der Waals surface area contributed by atoms with Gasteiger partial charge in [0.1, 0.15) is 17.2 Å². The molecule has 1 amide bonds. The summed E-state index contributed by atoms with van der Waals surface area (Å²) in [6.07, 6.45) is 11.5.